The number of rotatable bonds is 7. The molecular formula is C24H16Cl2F5N5O4S. The number of halogens is 7. The molecule has 1 aliphatic rings. The zero-order valence-electron chi connectivity index (χ0n) is 20.5. The van der Waals surface area contributed by atoms with E-state index in [1.165, 1.54) is 31.2 Å². The van der Waals surface area contributed by atoms with Crippen molar-refractivity contribution >= 4 is 51.3 Å². The van der Waals surface area contributed by atoms with Crippen LogP contribution in [0, 0.1) is 22.7 Å². The van der Waals surface area contributed by atoms with Crippen LogP contribution in [-0.4, -0.2) is 26.9 Å². The first-order valence-electron chi connectivity index (χ1n) is 11.3. The number of carboxylic acids is 1. The summed E-state index contributed by atoms with van der Waals surface area (Å²) in [5, 5.41) is 32.7. The van der Waals surface area contributed by atoms with Gasteiger partial charge in [0, 0.05) is 0 Å². The molecule has 41 heavy (non-hydrogen) atoms. The minimum Gasteiger partial charge on any atom is -0.481 e. The molecule has 0 radical (unpaired) electrons. The Labute approximate surface area is 238 Å². The number of anilines is 1. The molecule has 1 fully saturated rings. The van der Waals surface area contributed by atoms with Gasteiger partial charge >= 0.3 is 22.3 Å². The molecule has 0 spiro atoms. The van der Waals surface area contributed by atoms with Crippen LogP contribution in [0.4, 0.5) is 30.0 Å². The van der Waals surface area contributed by atoms with Gasteiger partial charge < -0.3 is 9.84 Å². The summed E-state index contributed by atoms with van der Waals surface area (Å²) in [5.41, 5.74) is -2.38. The average molecular weight is 636 g/mol. The number of benzene rings is 2. The molecule has 1 aliphatic carbocycles. The van der Waals surface area contributed by atoms with E-state index in [1.54, 1.807) is 6.07 Å². The summed E-state index contributed by atoms with van der Waals surface area (Å²) in [5.74, 6) is -1.91. The zero-order valence-corrected chi connectivity index (χ0v) is 22.8. The molecule has 0 bridgehead atoms. The summed E-state index contributed by atoms with van der Waals surface area (Å²) in [7, 11) is -10.2. The van der Waals surface area contributed by atoms with Crippen molar-refractivity contribution in [2.24, 2.45) is 0 Å². The highest BCUT2D eigenvalue weighted by molar-refractivity contribution is 8.45. The highest BCUT2D eigenvalue weighted by atomic mass is 35.5. The summed E-state index contributed by atoms with van der Waals surface area (Å²) >= 11 is 11.9. The number of nitrogens with one attached hydrogen (secondary N) is 1. The van der Waals surface area contributed by atoms with E-state index >= 15 is 0 Å². The monoisotopic (exact) mass is 635 g/mol. The lowest BCUT2D eigenvalue weighted by Gasteiger charge is -2.40. The normalized spacial score (nSPS) is 16.3. The molecule has 9 nitrogen and oxygen atoms in total. The molecule has 1 heterocycles. The molecule has 0 saturated heterocycles. The Morgan fingerprint density at radius 1 is 1.10 bits per heavy atom. The van der Waals surface area contributed by atoms with Gasteiger partial charge in [-0.3, -0.25) is 10.1 Å². The van der Waals surface area contributed by atoms with Crippen LogP contribution in [0.3, 0.4) is 0 Å². The molecule has 216 valence electrons. The Bertz CT molecular complexity index is 1670. The third kappa shape index (κ3) is 5.74. The van der Waals surface area contributed by atoms with Crippen LogP contribution < -0.4 is 5.32 Å². The Morgan fingerprint density at radius 3 is 2.10 bits per heavy atom. The van der Waals surface area contributed by atoms with Gasteiger partial charge in [-0.05, 0) is 49.6 Å². The summed E-state index contributed by atoms with van der Waals surface area (Å²) < 4.78 is 73.1. The van der Waals surface area contributed by atoms with Crippen molar-refractivity contribution in [3.8, 4) is 17.8 Å². The number of carbonyl (C=O) groups excluding carboxylic acids is 1. The number of amides is 1. The van der Waals surface area contributed by atoms with Gasteiger partial charge in [0.2, 0.25) is 0 Å². The first-order valence-corrected chi connectivity index (χ1v) is 14.0. The number of carboxylic acid groups (broad SMARTS) is 1. The predicted octanol–water partition coefficient (Wildman–Crippen LogP) is 8.01. The first kappa shape index (κ1) is 29.9. The van der Waals surface area contributed by atoms with E-state index in [4.69, 9.17) is 33.2 Å². The largest absolute Gasteiger partial charge is 0.481 e. The highest BCUT2D eigenvalue weighted by Gasteiger charge is 2.66. The number of nitriles is 2. The molecule has 0 aliphatic heterocycles. The molecule has 1 unspecified atom stereocenters. The van der Waals surface area contributed by atoms with Gasteiger partial charge in [-0.1, -0.05) is 54.8 Å². The fraction of sp³-hybridized carbons (Fsp3) is 0.208. The molecule has 1 amide bonds. The highest BCUT2D eigenvalue weighted by Crippen LogP contribution is 3.02. The van der Waals surface area contributed by atoms with Crippen LogP contribution in [0.5, 0.6) is 0 Å². The van der Waals surface area contributed by atoms with E-state index in [9.17, 15) is 39.4 Å². The van der Waals surface area contributed by atoms with Crippen molar-refractivity contribution in [2.45, 2.75) is 36.2 Å². The molecule has 4 rings (SSSR count). The number of ether oxygens (including phenoxy) is 1. The van der Waals surface area contributed by atoms with Crippen LogP contribution in [0.25, 0.3) is 5.69 Å². The molecule has 1 saturated carbocycles. The van der Waals surface area contributed by atoms with Crippen molar-refractivity contribution in [3.63, 3.8) is 0 Å². The van der Waals surface area contributed by atoms with Gasteiger partial charge in [-0.15, -0.1) is 0 Å². The van der Waals surface area contributed by atoms with Crippen LogP contribution in [-0.2, 0) is 14.9 Å². The fourth-order valence-corrected chi connectivity index (χ4v) is 5.53. The third-order valence-corrected chi connectivity index (χ3v) is 7.99. The molecule has 2 aromatic carbocycles. The van der Waals surface area contributed by atoms with Gasteiger partial charge in [0.05, 0.1) is 32.7 Å². The smallest absolute Gasteiger partial charge is 0.413 e. The Balaban J connectivity index is 1.83. The van der Waals surface area contributed by atoms with Crippen molar-refractivity contribution in [1.82, 2.24) is 9.78 Å². The second-order valence-electron chi connectivity index (χ2n) is 9.09. The molecular weight excluding hydrogens is 620 g/mol. The van der Waals surface area contributed by atoms with Gasteiger partial charge in [-0.2, -0.15) is 15.6 Å². The minimum absolute atomic E-state index is 0.0126. The Kier molecular flexibility index (Phi) is 6.74. The van der Waals surface area contributed by atoms with E-state index in [0.717, 1.165) is 0 Å². The number of hydrogen-bond acceptors (Lipinski definition) is 6. The molecule has 17 heteroatoms. The standard InChI is InChI=1S/C24H16Cl2F5N5O4S/c1-12(14-4-2-13(10-32)3-5-14)40-23(39)34-21-19(24(6-7-24)22(37)38)18(11-33)35-36(21)20-16(25)8-15(9-17(20)26)41(27,28,29,30)31/h2-5,8-9,12H,6-7H2,1H3,(H,34,39)(H,37,38). The zero-order chi connectivity index (χ0) is 30.6. The Hall–Kier alpha value is -4.05. The molecule has 1 atom stereocenters. The van der Waals surface area contributed by atoms with Crippen LogP contribution in [0.1, 0.15) is 48.3 Å². The summed E-state index contributed by atoms with van der Waals surface area (Å²) in [6, 6.07) is 9.41. The summed E-state index contributed by atoms with van der Waals surface area (Å²) in [4.78, 5) is 22.7. The number of nitrogens with zero attached hydrogens (tertiary/aromatic N) is 4. The van der Waals surface area contributed by atoms with Crippen molar-refractivity contribution in [3.05, 3.63) is 68.8 Å². The van der Waals surface area contributed by atoms with Gasteiger partial charge in [0.1, 0.15) is 28.6 Å². The minimum atomic E-state index is -10.2. The second-order valence-corrected chi connectivity index (χ2v) is 12.3. The number of aromatic nitrogens is 2. The lowest BCUT2D eigenvalue weighted by atomic mass is 9.95. The maximum Gasteiger partial charge on any atom is 0.413 e. The van der Waals surface area contributed by atoms with Crippen LogP contribution in [0.15, 0.2) is 41.3 Å². The fourth-order valence-electron chi connectivity index (χ4n) is 4.07. The predicted molar refractivity (Wildman–Crippen MR) is 138 cm³/mol. The summed E-state index contributed by atoms with van der Waals surface area (Å²) in [6.45, 7) is 1.48. The van der Waals surface area contributed by atoms with Crippen molar-refractivity contribution in [2.75, 3.05) is 5.32 Å². The van der Waals surface area contributed by atoms with Crippen LogP contribution >= 0.6 is 33.4 Å². The lowest BCUT2D eigenvalue weighted by molar-refractivity contribution is -0.140. The second kappa shape index (κ2) is 9.24. The maximum atomic E-state index is 13.4. The number of carbonyl (C=O) groups is 2. The van der Waals surface area contributed by atoms with E-state index < -0.39 is 65.9 Å². The molecule has 1 aromatic heterocycles. The van der Waals surface area contributed by atoms with E-state index in [2.05, 4.69) is 10.4 Å². The summed E-state index contributed by atoms with van der Waals surface area (Å²) in [6.07, 6.45) is -2.10. The van der Waals surface area contributed by atoms with E-state index in [-0.39, 0.29) is 30.5 Å². The van der Waals surface area contributed by atoms with Crippen molar-refractivity contribution in [1.29, 1.82) is 10.5 Å². The van der Waals surface area contributed by atoms with E-state index in [0.29, 0.717) is 15.8 Å². The van der Waals surface area contributed by atoms with Gasteiger partial charge in [-0.25, -0.2) is 9.48 Å². The maximum absolute atomic E-state index is 13.4. The third-order valence-electron chi connectivity index (χ3n) is 6.29. The molecule has 2 N–H and O–H groups in total. The average Bonchev–Trinajstić information content (AvgIpc) is 3.59. The van der Waals surface area contributed by atoms with Crippen molar-refractivity contribution < 1.29 is 38.9 Å². The first-order chi connectivity index (χ1) is 18.8. The van der Waals surface area contributed by atoms with Gasteiger partial charge in [0.25, 0.3) is 0 Å². The topological polar surface area (TPSA) is 141 Å². The Morgan fingerprint density at radius 2 is 1.66 bits per heavy atom. The lowest BCUT2D eigenvalue weighted by Crippen LogP contribution is -2.25. The number of hydrogen-bond donors (Lipinski definition) is 2. The number of aliphatic carboxylic acids is 1. The SMILES string of the molecule is CC(OC(=O)Nc1c(C2(C(=O)O)CC2)c(C#N)nn1-c1c(Cl)cc(S(F)(F)(F)(F)F)cc1Cl)c1ccc(C#N)cc1. The quantitative estimate of drug-likeness (QED) is 0.250. The van der Waals surface area contributed by atoms with Gasteiger partial charge in [0.15, 0.2) is 5.69 Å². The van der Waals surface area contributed by atoms with E-state index in [1.807, 2.05) is 6.07 Å². The molecule has 3 aromatic rings. The van der Waals surface area contributed by atoms with Crippen LogP contribution in [0.2, 0.25) is 10.0 Å².